The first-order valence-electron chi connectivity index (χ1n) is 5.90. The number of hydrogen-bond donors (Lipinski definition) is 1. The van der Waals surface area contributed by atoms with Crippen molar-refractivity contribution in [3.63, 3.8) is 0 Å². The van der Waals surface area contributed by atoms with Crippen LogP contribution in [0.3, 0.4) is 0 Å². The Labute approximate surface area is 101 Å². The fraction of sp³-hybridized carbons (Fsp3) is 0.385. The van der Waals surface area contributed by atoms with Gasteiger partial charge in [0.05, 0.1) is 17.4 Å². The molecule has 4 nitrogen and oxygen atoms in total. The molecule has 2 aromatic heterocycles. The Balaban J connectivity index is 2.15. The normalized spacial score (nSPS) is 12.6. The zero-order valence-electron chi connectivity index (χ0n) is 10.3. The van der Waals surface area contributed by atoms with Crippen LogP contribution in [0.4, 0.5) is 0 Å². The minimum absolute atomic E-state index is 0.0717. The van der Waals surface area contributed by atoms with E-state index in [1.807, 2.05) is 29.8 Å². The van der Waals surface area contributed by atoms with Crippen LogP contribution < -0.4 is 5.73 Å². The van der Waals surface area contributed by atoms with Crippen LogP contribution in [0.25, 0.3) is 0 Å². The highest BCUT2D eigenvalue weighted by molar-refractivity contribution is 5.15. The molecule has 1 atom stereocenters. The fourth-order valence-electron chi connectivity index (χ4n) is 1.96. The van der Waals surface area contributed by atoms with E-state index in [-0.39, 0.29) is 6.04 Å². The second-order valence-electron chi connectivity index (χ2n) is 4.16. The molecule has 0 amide bonds. The Morgan fingerprint density at radius 3 is 2.88 bits per heavy atom. The van der Waals surface area contributed by atoms with Gasteiger partial charge in [0, 0.05) is 24.9 Å². The average molecular weight is 230 g/mol. The molecule has 90 valence electrons. The van der Waals surface area contributed by atoms with Gasteiger partial charge in [0.1, 0.15) is 0 Å². The van der Waals surface area contributed by atoms with Gasteiger partial charge in [0.15, 0.2) is 0 Å². The summed E-state index contributed by atoms with van der Waals surface area (Å²) in [6.45, 7) is 4.96. The van der Waals surface area contributed by atoms with E-state index in [0.29, 0.717) is 0 Å². The number of nitrogens with two attached hydrogens (primary N) is 1. The minimum atomic E-state index is -0.0717. The fourth-order valence-corrected chi connectivity index (χ4v) is 1.96. The molecule has 0 aromatic carbocycles. The molecule has 4 heteroatoms. The summed E-state index contributed by atoms with van der Waals surface area (Å²) in [5, 5.41) is 4.42. The van der Waals surface area contributed by atoms with Crippen LogP contribution in [0.1, 0.15) is 30.0 Å². The molecule has 0 aliphatic heterocycles. The van der Waals surface area contributed by atoms with Gasteiger partial charge in [0.2, 0.25) is 0 Å². The summed E-state index contributed by atoms with van der Waals surface area (Å²) in [6, 6.07) is 7.84. The molecule has 2 aromatic rings. The first-order chi connectivity index (χ1) is 8.20. The van der Waals surface area contributed by atoms with E-state index in [2.05, 4.69) is 23.1 Å². The molecule has 1 unspecified atom stereocenters. The molecule has 0 bridgehead atoms. The lowest BCUT2D eigenvalue weighted by Gasteiger charge is -2.11. The lowest BCUT2D eigenvalue weighted by molar-refractivity contribution is 0.582. The second kappa shape index (κ2) is 5.10. The van der Waals surface area contributed by atoms with Gasteiger partial charge in [-0.3, -0.25) is 9.67 Å². The molecular formula is C13H18N4. The zero-order chi connectivity index (χ0) is 12.3. The van der Waals surface area contributed by atoms with Crippen LogP contribution in [0.5, 0.6) is 0 Å². The third kappa shape index (κ3) is 2.71. The van der Waals surface area contributed by atoms with Gasteiger partial charge in [-0.25, -0.2) is 0 Å². The number of hydrogen-bond acceptors (Lipinski definition) is 3. The van der Waals surface area contributed by atoms with Crippen LogP contribution in [0.15, 0.2) is 30.5 Å². The van der Waals surface area contributed by atoms with E-state index in [0.717, 1.165) is 24.4 Å². The number of rotatable bonds is 4. The van der Waals surface area contributed by atoms with Crippen LogP contribution in [-0.4, -0.2) is 14.8 Å². The molecule has 17 heavy (non-hydrogen) atoms. The first kappa shape index (κ1) is 11.8. The van der Waals surface area contributed by atoms with Gasteiger partial charge in [-0.15, -0.1) is 0 Å². The third-order valence-corrected chi connectivity index (χ3v) is 2.78. The Hall–Kier alpha value is -1.68. The minimum Gasteiger partial charge on any atom is -0.322 e. The molecule has 0 aliphatic rings. The summed E-state index contributed by atoms with van der Waals surface area (Å²) in [5.74, 6) is 0. The monoisotopic (exact) mass is 230 g/mol. The van der Waals surface area contributed by atoms with Gasteiger partial charge in [-0.2, -0.15) is 5.10 Å². The SMILES string of the molecule is CCn1nc(C)cc1CC(N)c1ccccn1. The number of pyridine rings is 1. The summed E-state index contributed by atoms with van der Waals surface area (Å²) < 4.78 is 2.00. The van der Waals surface area contributed by atoms with E-state index in [1.54, 1.807) is 6.20 Å². The first-order valence-corrected chi connectivity index (χ1v) is 5.90. The van der Waals surface area contributed by atoms with Gasteiger partial charge < -0.3 is 5.73 Å². The molecule has 0 aliphatic carbocycles. The molecule has 0 saturated heterocycles. The molecule has 2 N–H and O–H groups in total. The molecule has 0 saturated carbocycles. The van der Waals surface area contributed by atoms with Crippen molar-refractivity contribution in [3.05, 3.63) is 47.5 Å². The van der Waals surface area contributed by atoms with Crippen molar-refractivity contribution in [2.75, 3.05) is 0 Å². The Kier molecular flexibility index (Phi) is 3.54. The van der Waals surface area contributed by atoms with Crippen molar-refractivity contribution in [1.82, 2.24) is 14.8 Å². The molecule has 2 heterocycles. The van der Waals surface area contributed by atoms with Crippen LogP contribution in [0.2, 0.25) is 0 Å². The van der Waals surface area contributed by atoms with Gasteiger partial charge in [0.25, 0.3) is 0 Å². The molecule has 2 rings (SSSR count). The summed E-state index contributed by atoms with van der Waals surface area (Å²) >= 11 is 0. The number of aryl methyl sites for hydroxylation is 2. The maximum atomic E-state index is 6.16. The summed E-state index contributed by atoms with van der Waals surface area (Å²) in [7, 11) is 0. The van der Waals surface area contributed by atoms with Crippen molar-refractivity contribution in [1.29, 1.82) is 0 Å². The van der Waals surface area contributed by atoms with Crippen molar-refractivity contribution in [3.8, 4) is 0 Å². The predicted octanol–water partition coefficient (Wildman–Crippen LogP) is 1.85. The molecule has 0 radical (unpaired) electrons. The highest BCUT2D eigenvalue weighted by Crippen LogP contribution is 2.14. The standard InChI is InChI=1S/C13H18N4/c1-3-17-11(8-10(2)16-17)9-12(14)13-6-4-5-7-15-13/h4-8,12H,3,9,14H2,1-2H3. The topological polar surface area (TPSA) is 56.7 Å². The average Bonchev–Trinajstić information content (AvgIpc) is 2.70. The largest absolute Gasteiger partial charge is 0.322 e. The Morgan fingerprint density at radius 1 is 1.41 bits per heavy atom. The molecule has 0 fully saturated rings. The molecular weight excluding hydrogens is 212 g/mol. The smallest absolute Gasteiger partial charge is 0.0596 e. The third-order valence-electron chi connectivity index (χ3n) is 2.78. The maximum Gasteiger partial charge on any atom is 0.0596 e. The van der Waals surface area contributed by atoms with Crippen molar-refractivity contribution < 1.29 is 0 Å². The Morgan fingerprint density at radius 2 is 2.24 bits per heavy atom. The van der Waals surface area contributed by atoms with E-state index in [1.165, 1.54) is 5.69 Å². The highest BCUT2D eigenvalue weighted by Gasteiger charge is 2.12. The lowest BCUT2D eigenvalue weighted by Crippen LogP contribution is -2.17. The van der Waals surface area contributed by atoms with E-state index in [9.17, 15) is 0 Å². The van der Waals surface area contributed by atoms with Crippen molar-refractivity contribution in [2.24, 2.45) is 5.73 Å². The second-order valence-corrected chi connectivity index (χ2v) is 4.16. The summed E-state index contributed by atoms with van der Waals surface area (Å²) in [5.41, 5.74) is 9.29. The predicted molar refractivity (Wildman–Crippen MR) is 67.5 cm³/mol. The van der Waals surface area contributed by atoms with E-state index < -0.39 is 0 Å². The quantitative estimate of drug-likeness (QED) is 0.872. The zero-order valence-corrected chi connectivity index (χ0v) is 10.3. The van der Waals surface area contributed by atoms with Crippen LogP contribution in [-0.2, 0) is 13.0 Å². The van der Waals surface area contributed by atoms with Gasteiger partial charge >= 0.3 is 0 Å². The van der Waals surface area contributed by atoms with Gasteiger partial charge in [-0.05, 0) is 32.0 Å². The van der Waals surface area contributed by atoms with E-state index in [4.69, 9.17) is 5.73 Å². The number of aromatic nitrogens is 3. The highest BCUT2D eigenvalue weighted by atomic mass is 15.3. The van der Waals surface area contributed by atoms with E-state index >= 15 is 0 Å². The van der Waals surface area contributed by atoms with Crippen LogP contribution in [0, 0.1) is 6.92 Å². The van der Waals surface area contributed by atoms with Gasteiger partial charge in [-0.1, -0.05) is 6.07 Å². The summed E-state index contributed by atoms with van der Waals surface area (Å²) in [4.78, 5) is 4.28. The lowest BCUT2D eigenvalue weighted by atomic mass is 10.1. The number of nitrogens with zero attached hydrogens (tertiary/aromatic N) is 3. The molecule has 0 spiro atoms. The maximum absolute atomic E-state index is 6.16. The van der Waals surface area contributed by atoms with Crippen molar-refractivity contribution >= 4 is 0 Å². The van der Waals surface area contributed by atoms with Crippen molar-refractivity contribution in [2.45, 2.75) is 32.9 Å². The van der Waals surface area contributed by atoms with Crippen LogP contribution >= 0.6 is 0 Å². The Bertz CT molecular complexity index is 475. The summed E-state index contributed by atoms with van der Waals surface area (Å²) in [6.07, 6.45) is 2.54.